The number of urea groups is 1. The number of carbonyl (C=O) groups excluding carboxylic acids is 3. The van der Waals surface area contributed by atoms with E-state index in [0.717, 1.165) is 30.6 Å². The lowest BCUT2D eigenvalue weighted by molar-refractivity contribution is -0.121. The van der Waals surface area contributed by atoms with E-state index in [2.05, 4.69) is 30.9 Å². The Morgan fingerprint density at radius 1 is 0.960 bits per heavy atom. The number of rotatable bonds is 11. The highest BCUT2D eigenvalue weighted by Gasteiger charge is 2.42. The highest BCUT2D eigenvalue weighted by atomic mass is 32.2. The van der Waals surface area contributed by atoms with E-state index in [1.54, 1.807) is 36.4 Å². The molecule has 3 atom stereocenters. The maximum absolute atomic E-state index is 13.3. The van der Waals surface area contributed by atoms with E-state index in [1.807, 2.05) is 44.7 Å². The van der Waals surface area contributed by atoms with Crippen LogP contribution in [0, 0.1) is 0 Å². The van der Waals surface area contributed by atoms with Crippen LogP contribution in [0.1, 0.15) is 85.0 Å². The van der Waals surface area contributed by atoms with Gasteiger partial charge in [0.1, 0.15) is 22.2 Å². The molecule has 4 heterocycles. The topological polar surface area (TPSA) is 179 Å². The number of unbranched alkanes of at least 4 members (excludes halogenated alkanes) is 1. The molecule has 3 amide bonds. The van der Waals surface area contributed by atoms with Crippen LogP contribution in [0.2, 0.25) is 0 Å². The quantitative estimate of drug-likeness (QED) is 0.0902. The third-order valence-corrected chi connectivity index (χ3v) is 10.3. The number of nitrogens with zero attached hydrogens (tertiary/aromatic N) is 1. The number of hydrogen-bond donors (Lipinski definition) is 5. The summed E-state index contributed by atoms with van der Waals surface area (Å²) in [7, 11) is 0. The Labute approximate surface area is 292 Å². The van der Waals surface area contributed by atoms with Gasteiger partial charge in [0, 0.05) is 40.5 Å². The van der Waals surface area contributed by atoms with Gasteiger partial charge < -0.3 is 30.3 Å². The molecule has 4 aromatic rings. The van der Waals surface area contributed by atoms with Crippen molar-refractivity contribution in [2.45, 2.75) is 75.7 Å². The van der Waals surface area contributed by atoms with Crippen LogP contribution < -0.4 is 37.8 Å². The van der Waals surface area contributed by atoms with Gasteiger partial charge in [0.15, 0.2) is 12.2 Å². The molecule has 50 heavy (non-hydrogen) atoms. The van der Waals surface area contributed by atoms with Gasteiger partial charge in [-0.2, -0.15) is 11.8 Å². The number of benzene rings is 2. The van der Waals surface area contributed by atoms with Crippen molar-refractivity contribution in [3.63, 3.8) is 0 Å². The number of oxazole rings is 1. The van der Waals surface area contributed by atoms with Crippen LogP contribution in [0.25, 0.3) is 12.2 Å². The molecular weight excluding hydrogens is 657 g/mol. The molecule has 12 nitrogen and oxygen atoms in total. The van der Waals surface area contributed by atoms with Gasteiger partial charge >= 0.3 is 6.03 Å². The SMILES string of the molecule is CC(C)(C)c1ocnc1C=c1[nH]c(=O)c(=Cc2cccc(C(=O)c3ccc(CNC(=O)CCCC[C@@H]4SC[C@@H]5NC(=O)N[C@@H]54)cc3)c2)[nH]c1=O. The van der Waals surface area contributed by atoms with Crippen molar-refractivity contribution in [3.05, 3.63) is 120 Å². The van der Waals surface area contributed by atoms with Crippen molar-refractivity contribution in [1.82, 2.24) is 30.9 Å². The molecule has 2 aliphatic heterocycles. The summed E-state index contributed by atoms with van der Waals surface area (Å²) in [4.78, 5) is 72.5. The average molecular weight is 697 g/mol. The Morgan fingerprint density at radius 2 is 1.70 bits per heavy atom. The minimum atomic E-state index is -0.504. The van der Waals surface area contributed by atoms with E-state index in [9.17, 15) is 24.0 Å². The van der Waals surface area contributed by atoms with Crippen LogP contribution in [0.4, 0.5) is 4.79 Å². The van der Waals surface area contributed by atoms with Crippen molar-refractivity contribution in [1.29, 1.82) is 0 Å². The maximum Gasteiger partial charge on any atom is 0.315 e. The van der Waals surface area contributed by atoms with Crippen molar-refractivity contribution >= 4 is 41.6 Å². The maximum atomic E-state index is 13.3. The van der Waals surface area contributed by atoms with Crippen LogP contribution in [-0.2, 0) is 16.8 Å². The predicted octanol–water partition coefficient (Wildman–Crippen LogP) is 2.58. The molecule has 6 rings (SSSR count). The Bertz CT molecular complexity index is 2150. The van der Waals surface area contributed by atoms with E-state index in [-0.39, 0.29) is 45.9 Å². The summed E-state index contributed by atoms with van der Waals surface area (Å²) in [5.74, 6) is 1.29. The number of H-pyrrole nitrogens is 2. The van der Waals surface area contributed by atoms with Gasteiger partial charge in [0.2, 0.25) is 5.91 Å². The molecule has 2 aromatic carbocycles. The van der Waals surface area contributed by atoms with Crippen molar-refractivity contribution in [3.8, 4) is 0 Å². The van der Waals surface area contributed by atoms with E-state index in [0.29, 0.717) is 46.4 Å². The van der Waals surface area contributed by atoms with E-state index in [4.69, 9.17) is 4.42 Å². The van der Waals surface area contributed by atoms with Gasteiger partial charge in [0.25, 0.3) is 11.1 Å². The van der Waals surface area contributed by atoms with Crippen LogP contribution in [0.3, 0.4) is 0 Å². The van der Waals surface area contributed by atoms with Gasteiger partial charge in [0.05, 0.1) is 12.1 Å². The largest absolute Gasteiger partial charge is 0.447 e. The van der Waals surface area contributed by atoms with Crippen LogP contribution in [0.15, 0.2) is 68.9 Å². The zero-order valence-electron chi connectivity index (χ0n) is 28.1. The lowest BCUT2D eigenvalue weighted by atomic mass is 9.92. The fraction of sp³-hybridized carbons (Fsp3) is 0.351. The molecule has 2 aromatic heterocycles. The second kappa shape index (κ2) is 14.8. The Morgan fingerprint density at radius 3 is 2.44 bits per heavy atom. The number of ketones is 1. The second-order valence-electron chi connectivity index (χ2n) is 13.6. The summed E-state index contributed by atoms with van der Waals surface area (Å²) in [6, 6.07) is 14.2. The first-order valence-electron chi connectivity index (χ1n) is 16.6. The molecule has 260 valence electrons. The van der Waals surface area contributed by atoms with Gasteiger partial charge in [-0.3, -0.25) is 19.2 Å². The van der Waals surface area contributed by atoms with Gasteiger partial charge in [-0.25, -0.2) is 9.78 Å². The minimum Gasteiger partial charge on any atom is -0.447 e. The molecule has 2 fully saturated rings. The van der Waals surface area contributed by atoms with Crippen LogP contribution in [-0.4, -0.2) is 55.8 Å². The standard InChI is InChI=1S/C37H40N6O6S/c1-37(2,3)33-25(39-20-49-33)17-27-35(47)40-26(34(46)41-27)16-22-7-6-8-24(15-22)32(45)23-13-11-21(12-14-23)18-38-30(44)10-5-4-9-29-31-28(19-50-29)42-36(48)43-31/h6-8,11-17,20,28-29,31H,4-5,9-10,18-19H2,1-3H3,(H,38,44)(H,40,47)(H,41,46)(H2,42,43,48)/t28-,29-,31-/m0/s1. The molecule has 2 saturated heterocycles. The Kier molecular flexibility index (Phi) is 10.2. The Balaban J connectivity index is 1.03. The smallest absolute Gasteiger partial charge is 0.315 e. The molecule has 0 spiro atoms. The lowest BCUT2D eigenvalue weighted by Crippen LogP contribution is -2.46. The third kappa shape index (κ3) is 8.16. The summed E-state index contributed by atoms with van der Waals surface area (Å²) in [5.41, 5.74) is 1.44. The molecule has 13 heteroatoms. The number of carbonyl (C=O) groups is 3. The van der Waals surface area contributed by atoms with Gasteiger partial charge in [-0.15, -0.1) is 0 Å². The third-order valence-electron chi connectivity index (χ3n) is 8.79. The van der Waals surface area contributed by atoms with Gasteiger partial charge in [-0.05, 0) is 42.2 Å². The predicted molar refractivity (Wildman–Crippen MR) is 191 cm³/mol. The molecule has 0 bridgehead atoms. The Hall–Kier alpha value is -5.17. The summed E-state index contributed by atoms with van der Waals surface area (Å²) >= 11 is 1.88. The number of aromatic amines is 2. The number of thioether (sulfide) groups is 1. The van der Waals surface area contributed by atoms with E-state index >= 15 is 0 Å². The normalized spacial score (nSPS) is 19.3. The summed E-state index contributed by atoms with van der Waals surface area (Å²) < 4.78 is 5.49. The van der Waals surface area contributed by atoms with Crippen LogP contribution >= 0.6 is 11.8 Å². The number of nitrogens with one attached hydrogen (secondary N) is 5. The van der Waals surface area contributed by atoms with E-state index in [1.165, 1.54) is 18.5 Å². The zero-order chi connectivity index (χ0) is 35.4. The summed E-state index contributed by atoms with van der Waals surface area (Å²) in [6.45, 7) is 6.23. The first-order chi connectivity index (χ1) is 23.9. The van der Waals surface area contributed by atoms with Crippen molar-refractivity contribution < 1.29 is 18.8 Å². The van der Waals surface area contributed by atoms with Crippen molar-refractivity contribution in [2.24, 2.45) is 0 Å². The number of aromatic nitrogens is 3. The van der Waals surface area contributed by atoms with E-state index < -0.39 is 11.1 Å². The molecular formula is C37H40N6O6S. The number of fused-ring (bicyclic) bond motifs is 1. The summed E-state index contributed by atoms with van der Waals surface area (Å²) in [5, 5.41) is 9.37. The average Bonchev–Trinajstić information content (AvgIpc) is 3.81. The minimum absolute atomic E-state index is 0.0244. The molecule has 0 saturated carbocycles. The zero-order valence-corrected chi connectivity index (χ0v) is 28.9. The second-order valence-corrected chi connectivity index (χ2v) is 14.9. The number of amides is 3. The molecule has 0 aliphatic carbocycles. The highest BCUT2D eigenvalue weighted by Crippen LogP contribution is 2.33. The highest BCUT2D eigenvalue weighted by molar-refractivity contribution is 8.00. The van der Waals surface area contributed by atoms with Crippen LogP contribution in [0.5, 0.6) is 0 Å². The number of hydrogen-bond acceptors (Lipinski definition) is 8. The van der Waals surface area contributed by atoms with Gasteiger partial charge in [-0.1, -0.05) is 69.7 Å². The first-order valence-corrected chi connectivity index (χ1v) is 17.7. The summed E-state index contributed by atoms with van der Waals surface area (Å²) in [6.07, 6.45) is 7.39. The first kappa shape index (κ1) is 34.7. The lowest BCUT2D eigenvalue weighted by Gasteiger charge is -2.16. The molecule has 0 unspecified atom stereocenters. The fourth-order valence-electron chi connectivity index (χ4n) is 6.19. The molecule has 5 N–H and O–H groups in total. The fourth-order valence-corrected chi connectivity index (χ4v) is 7.74. The monoisotopic (exact) mass is 696 g/mol. The van der Waals surface area contributed by atoms with Crippen molar-refractivity contribution in [2.75, 3.05) is 5.75 Å². The molecule has 2 aliphatic rings. The molecule has 0 radical (unpaired) electrons.